The normalized spacial score (nSPS) is 18.7. The Kier molecular flexibility index (Phi) is 5.03. The molecule has 1 heterocycles. The van der Waals surface area contributed by atoms with Gasteiger partial charge in [-0.2, -0.15) is 0 Å². The number of nitrogens with zero attached hydrogens (tertiary/aromatic N) is 3. The number of aliphatic hydroxyl groups excluding tert-OH is 1. The van der Waals surface area contributed by atoms with Crippen LogP contribution in [0.4, 0.5) is 0 Å². The van der Waals surface area contributed by atoms with Gasteiger partial charge in [0, 0.05) is 6.42 Å². The zero-order chi connectivity index (χ0) is 17.6. The van der Waals surface area contributed by atoms with E-state index in [2.05, 4.69) is 20.6 Å². The molecule has 0 bridgehead atoms. The number of benzene rings is 1. The fourth-order valence-electron chi connectivity index (χ4n) is 2.79. The van der Waals surface area contributed by atoms with Crippen LogP contribution in [0.25, 0.3) is 6.08 Å². The van der Waals surface area contributed by atoms with E-state index in [9.17, 15) is 9.90 Å². The summed E-state index contributed by atoms with van der Waals surface area (Å²) >= 11 is 0. The van der Waals surface area contributed by atoms with Crippen molar-refractivity contribution in [3.05, 3.63) is 70.8 Å². The van der Waals surface area contributed by atoms with Gasteiger partial charge in [0.25, 0.3) is 0 Å². The molecule has 1 aromatic carbocycles. The van der Waals surface area contributed by atoms with E-state index in [4.69, 9.17) is 5.73 Å². The van der Waals surface area contributed by atoms with Gasteiger partial charge in [-0.3, -0.25) is 4.79 Å². The topological polar surface area (TPSA) is 118 Å². The van der Waals surface area contributed by atoms with Crippen LogP contribution in [0.3, 0.4) is 0 Å². The van der Waals surface area contributed by atoms with Gasteiger partial charge in [0.15, 0.2) is 5.82 Å². The molecule has 25 heavy (non-hydrogen) atoms. The molecule has 128 valence electrons. The molecule has 1 amide bonds. The highest BCUT2D eigenvalue weighted by Gasteiger charge is 2.23. The minimum Gasteiger partial charge on any atom is -0.508 e. The van der Waals surface area contributed by atoms with Gasteiger partial charge < -0.3 is 10.8 Å². The highest BCUT2D eigenvalue weighted by Crippen LogP contribution is 2.35. The Labute approximate surface area is 144 Å². The highest BCUT2D eigenvalue weighted by molar-refractivity contribution is 5.73. The van der Waals surface area contributed by atoms with Crippen molar-refractivity contribution in [3.8, 4) is 0 Å². The Bertz CT molecular complexity index is 822. The van der Waals surface area contributed by atoms with Crippen molar-refractivity contribution in [1.29, 1.82) is 0 Å². The number of aromatic amines is 1. The lowest BCUT2D eigenvalue weighted by molar-refractivity contribution is -0.118. The lowest BCUT2D eigenvalue weighted by Gasteiger charge is -2.20. The summed E-state index contributed by atoms with van der Waals surface area (Å²) in [6.07, 6.45) is 7.13. The molecule has 3 rings (SSSR count). The number of nitrogens with two attached hydrogens (primary N) is 1. The fraction of sp³-hybridized carbons (Fsp3) is 0.222. The summed E-state index contributed by atoms with van der Waals surface area (Å²) in [6.45, 7) is 0. The molecule has 0 saturated heterocycles. The SMILES string of the molecule is NC(=O)CCCC1=C/C(=C/c2ccccc2)C(c2nnn[nH]2)C=C1O. The molecule has 1 unspecified atom stereocenters. The quantitative estimate of drug-likeness (QED) is 0.748. The Morgan fingerprint density at radius 3 is 2.80 bits per heavy atom. The van der Waals surface area contributed by atoms with Gasteiger partial charge >= 0.3 is 0 Å². The number of H-pyrrole nitrogens is 1. The molecular weight excluding hydrogens is 318 g/mol. The number of rotatable bonds is 6. The van der Waals surface area contributed by atoms with Crippen molar-refractivity contribution >= 4 is 12.0 Å². The summed E-state index contributed by atoms with van der Waals surface area (Å²) in [7, 11) is 0. The average Bonchev–Trinajstić information content (AvgIpc) is 3.12. The molecule has 1 aromatic heterocycles. The van der Waals surface area contributed by atoms with Crippen LogP contribution in [0, 0.1) is 0 Å². The number of carbonyl (C=O) groups is 1. The van der Waals surface area contributed by atoms with E-state index >= 15 is 0 Å². The maximum absolute atomic E-state index is 10.9. The van der Waals surface area contributed by atoms with Gasteiger partial charge in [-0.05, 0) is 46.1 Å². The van der Waals surface area contributed by atoms with Crippen molar-refractivity contribution in [3.63, 3.8) is 0 Å². The number of hydrogen-bond donors (Lipinski definition) is 3. The van der Waals surface area contributed by atoms with Gasteiger partial charge in [0.2, 0.25) is 5.91 Å². The van der Waals surface area contributed by atoms with Gasteiger partial charge in [0.1, 0.15) is 5.76 Å². The number of aliphatic hydroxyl groups is 1. The third-order valence-corrected chi connectivity index (χ3v) is 4.01. The molecule has 0 saturated carbocycles. The summed E-state index contributed by atoms with van der Waals surface area (Å²) < 4.78 is 0. The van der Waals surface area contributed by atoms with E-state index in [1.807, 2.05) is 42.5 Å². The molecule has 7 nitrogen and oxygen atoms in total. The number of tetrazole rings is 1. The molecule has 1 aliphatic carbocycles. The molecule has 0 radical (unpaired) electrons. The van der Waals surface area contributed by atoms with Crippen LogP contribution in [0.15, 0.2) is 59.4 Å². The first-order valence-corrected chi connectivity index (χ1v) is 8.04. The molecule has 0 spiro atoms. The van der Waals surface area contributed by atoms with Crippen molar-refractivity contribution < 1.29 is 9.90 Å². The molecule has 1 aliphatic rings. The van der Waals surface area contributed by atoms with E-state index in [1.165, 1.54) is 0 Å². The second-order valence-electron chi connectivity index (χ2n) is 5.86. The van der Waals surface area contributed by atoms with Gasteiger partial charge in [-0.15, -0.1) is 5.10 Å². The molecule has 0 aliphatic heterocycles. The van der Waals surface area contributed by atoms with Crippen molar-refractivity contribution in [1.82, 2.24) is 20.6 Å². The zero-order valence-corrected chi connectivity index (χ0v) is 13.6. The van der Waals surface area contributed by atoms with E-state index < -0.39 is 0 Å². The van der Waals surface area contributed by atoms with Crippen LogP contribution in [0.2, 0.25) is 0 Å². The minimum absolute atomic E-state index is 0.177. The second-order valence-corrected chi connectivity index (χ2v) is 5.86. The first kappa shape index (κ1) is 16.6. The maximum atomic E-state index is 10.9. The summed E-state index contributed by atoms with van der Waals surface area (Å²) in [5.74, 6) is 0.123. The van der Waals surface area contributed by atoms with Gasteiger partial charge in [-0.25, -0.2) is 5.10 Å². The summed E-state index contributed by atoms with van der Waals surface area (Å²) in [5.41, 5.74) is 7.95. The standard InChI is InChI=1S/C18H19N5O2/c19-17(25)8-4-7-13-10-14(9-12-5-2-1-3-6-12)15(11-16(13)24)18-20-22-23-21-18/h1-3,5-6,9-11,15,24H,4,7-8H2,(H2,19,25)(H,20,21,22,23)/b14-9-. The molecule has 2 aromatic rings. The first-order valence-electron chi connectivity index (χ1n) is 8.04. The fourth-order valence-corrected chi connectivity index (χ4v) is 2.79. The molecule has 1 atom stereocenters. The Morgan fingerprint density at radius 1 is 1.32 bits per heavy atom. The van der Waals surface area contributed by atoms with E-state index in [1.54, 1.807) is 6.08 Å². The third kappa shape index (κ3) is 4.20. The van der Waals surface area contributed by atoms with Crippen LogP contribution in [-0.2, 0) is 4.79 Å². The van der Waals surface area contributed by atoms with Gasteiger partial charge in [0.05, 0.1) is 5.92 Å². The largest absolute Gasteiger partial charge is 0.508 e. The van der Waals surface area contributed by atoms with E-state index in [-0.39, 0.29) is 24.0 Å². The first-order chi connectivity index (χ1) is 12.1. The third-order valence-electron chi connectivity index (χ3n) is 4.01. The zero-order valence-electron chi connectivity index (χ0n) is 13.6. The number of primary amides is 1. The summed E-state index contributed by atoms with van der Waals surface area (Å²) in [6, 6.07) is 9.89. The van der Waals surface area contributed by atoms with Crippen LogP contribution in [-0.4, -0.2) is 31.6 Å². The molecular formula is C18H19N5O2. The highest BCUT2D eigenvalue weighted by atomic mass is 16.3. The Balaban J connectivity index is 1.91. The average molecular weight is 337 g/mol. The van der Waals surface area contributed by atoms with Crippen molar-refractivity contribution in [2.75, 3.05) is 0 Å². The predicted molar refractivity (Wildman–Crippen MR) is 93.2 cm³/mol. The van der Waals surface area contributed by atoms with Gasteiger partial charge in [-0.1, -0.05) is 42.5 Å². The number of carbonyl (C=O) groups excluding carboxylic acids is 1. The van der Waals surface area contributed by atoms with Crippen molar-refractivity contribution in [2.45, 2.75) is 25.2 Å². The monoisotopic (exact) mass is 337 g/mol. The lowest BCUT2D eigenvalue weighted by atomic mass is 9.86. The number of amides is 1. The van der Waals surface area contributed by atoms with Crippen LogP contribution in [0.1, 0.15) is 36.6 Å². The number of hydrogen-bond acceptors (Lipinski definition) is 5. The Morgan fingerprint density at radius 2 is 2.12 bits per heavy atom. The van der Waals surface area contributed by atoms with Crippen LogP contribution < -0.4 is 5.73 Å². The Hall–Kier alpha value is -3.22. The van der Waals surface area contributed by atoms with Crippen LogP contribution in [0.5, 0.6) is 0 Å². The smallest absolute Gasteiger partial charge is 0.217 e. The number of nitrogens with one attached hydrogen (secondary N) is 1. The maximum Gasteiger partial charge on any atom is 0.217 e. The van der Waals surface area contributed by atoms with Crippen LogP contribution >= 0.6 is 0 Å². The lowest BCUT2D eigenvalue weighted by Crippen LogP contribution is -2.11. The van der Waals surface area contributed by atoms with E-state index in [0.717, 1.165) is 16.7 Å². The number of aromatic nitrogens is 4. The second kappa shape index (κ2) is 7.57. The van der Waals surface area contributed by atoms with Crippen molar-refractivity contribution in [2.24, 2.45) is 5.73 Å². The predicted octanol–water partition coefficient (Wildman–Crippen LogP) is 2.40. The molecule has 7 heteroatoms. The summed E-state index contributed by atoms with van der Waals surface area (Å²) in [5, 5.41) is 24.3. The van der Waals surface area contributed by atoms with E-state index in [0.29, 0.717) is 18.7 Å². The number of allylic oxidation sites excluding steroid dienone is 4. The minimum atomic E-state index is -0.342. The molecule has 0 fully saturated rings. The summed E-state index contributed by atoms with van der Waals surface area (Å²) in [4.78, 5) is 10.9. The molecule has 4 N–H and O–H groups in total.